The van der Waals surface area contributed by atoms with E-state index >= 15 is 0 Å². The molecule has 101 heavy (non-hydrogen) atoms. The van der Waals surface area contributed by atoms with Crippen LogP contribution in [0.25, 0.3) is 0 Å². The summed E-state index contributed by atoms with van der Waals surface area (Å²) in [6, 6.07) is 0. The van der Waals surface area contributed by atoms with Gasteiger partial charge >= 0.3 is 35.8 Å². The third kappa shape index (κ3) is 55.6. The van der Waals surface area contributed by atoms with Gasteiger partial charge in [0.15, 0.2) is 39.3 Å². The van der Waals surface area contributed by atoms with E-state index in [1.54, 1.807) is 0 Å². The van der Waals surface area contributed by atoms with Crippen molar-refractivity contribution in [3.8, 4) is 0 Å². The molecule has 0 fully saturated rings. The van der Waals surface area contributed by atoms with Crippen molar-refractivity contribution in [1.82, 2.24) is 0 Å². The summed E-state index contributed by atoms with van der Waals surface area (Å²) in [6.07, 6.45) is 40.3. The van der Waals surface area contributed by atoms with Gasteiger partial charge in [-0.2, -0.15) is 0 Å². The van der Waals surface area contributed by atoms with Gasteiger partial charge in [-0.15, -0.1) is 0 Å². The molecule has 19 heteroatoms. The Labute approximate surface area is 621 Å². The van der Waals surface area contributed by atoms with Gasteiger partial charge in [0, 0.05) is 0 Å². The van der Waals surface area contributed by atoms with Crippen LogP contribution in [0, 0.1) is 10.8 Å². The number of nitrogens with zero attached hydrogens (tertiary/aromatic N) is 6. The van der Waals surface area contributed by atoms with Gasteiger partial charge < -0.3 is 60.1 Å². The maximum atomic E-state index is 14.4. The van der Waals surface area contributed by atoms with Gasteiger partial charge in [0.1, 0.15) is 39.6 Å². The number of esters is 6. The molecule has 596 valence electrons. The van der Waals surface area contributed by atoms with Gasteiger partial charge in [0.2, 0.25) is 0 Å². The fraction of sp³-hybridized carbons (Fsp3) is 0.927. The Morgan fingerprint density at radius 3 is 0.465 bits per heavy atom. The van der Waals surface area contributed by atoms with Gasteiger partial charge in [-0.25, -0.2) is 28.8 Å². The first-order valence-electron chi connectivity index (χ1n) is 41.1. The summed E-state index contributed by atoms with van der Waals surface area (Å²) in [4.78, 5) is 86.2. The van der Waals surface area contributed by atoms with E-state index in [2.05, 4.69) is 41.5 Å². The summed E-state index contributed by atoms with van der Waals surface area (Å²) in [7, 11) is 24.3. The monoisotopic (exact) mass is 1440 g/mol. The smallest absolute Gasteiger partial charge is 0.361 e. The van der Waals surface area contributed by atoms with E-state index in [-0.39, 0.29) is 92.1 Å². The van der Waals surface area contributed by atoms with Crippen LogP contribution in [-0.2, 0) is 61.9 Å². The Bertz CT molecular complexity index is 1780. The molecule has 0 bridgehead atoms. The highest BCUT2D eigenvalue weighted by Gasteiger charge is 2.43. The molecule has 19 nitrogen and oxygen atoms in total. The highest BCUT2D eigenvalue weighted by atomic mass is 16.6. The Kier molecular flexibility index (Phi) is 54.0. The number of likely N-dealkylation sites (N-methyl/N-ethyl adjacent to an activating group) is 6. The van der Waals surface area contributed by atoms with E-state index in [9.17, 15) is 28.8 Å². The van der Waals surface area contributed by atoms with Gasteiger partial charge in [-0.1, -0.05) is 196 Å². The molecule has 0 radical (unpaired) electrons. The molecule has 0 aliphatic carbocycles. The molecule has 0 aromatic carbocycles. The molecular weight excluding hydrogens is 1280 g/mol. The van der Waals surface area contributed by atoms with Crippen LogP contribution in [0.2, 0.25) is 0 Å². The normalized spacial score (nSPS) is 12.8. The summed E-state index contributed by atoms with van der Waals surface area (Å²) < 4.78 is 47.3. The molecule has 0 N–H and O–H groups in total. The number of rotatable bonds is 70. The van der Waals surface area contributed by atoms with Crippen LogP contribution in [-0.4, -0.2) is 279 Å². The topological polar surface area (TPSA) is 167 Å². The van der Waals surface area contributed by atoms with Gasteiger partial charge in [-0.3, -0.25) is 0 Å². The van der Waals surface area contributed by atoms with Crippen molar-refractivity contribution in [2.75, 3.05) is 216 Å². The first kappa shape index (κ1) is 97.5. The average Bonchev–Trinajstić information content (AvgIpc) is 0.838. The summed E-state index contributed by atoms with van der Waals surface area (Å²) >= 11 is 0. The van der Waals surface area contributed by atoms with E-state index in [1.165, 1.54) is 116 Å². The minimum atomic E-state index is -1.48. The van der Waals surface area contributed by atoms with Crippen LogP contribution in [0.4, 0.5) is 0 Å². The van der Waals surface area contributed by atoms with Crippen molar-refractivity contribution < 1.29 is 88.8 Å². The molecule has 0 amide bonds. The second-order valence-electron chi connectivity index (χ2n) is 35.0. The predicted molar refractivity (Wildman–Crippen MR) is 413 cm³/mol. The SMILES string of the molecule is CCCCCCCC[N+](C)(C)CC(=O)OCC(COCC(COC(=O)C[N+](C)(C)CCCCCCCC)(COC(=O)C[N+](C)(C)CCCCCCCC)COC(=O)C[N+](C)(C)CCCCCCCC)(COC(=O)C[N+](C)(C)CCCCCCCC)COC(=O)C[N+](C)(C)CCCCCCCC. The number of carbonyl (C=O) groups excluding carboxylic acids is 6. The number of carbonyl (C=O) groups is 6. The van der Waals surface area contributed by atoms with Crippen LogP contribution in [0.5, 0.6) is 0 Å². The molecule has 0 atom stereocenters. The molecule has 0 aromatic rings. The molecule has 0 aliphatic heterocycles. The summed E-state index contributed by atoms with van der Waals surface area (Å²) in [5.74, 6) is -2.81. The third-order valence-electron chi connectivity index (χ3n) is 20.1. The van der Waals surface area contributed by atoms with Gasteiger partial charge in [-0.05, 0) is 77.0 Å². The van der Waals surface area contributed by atoms with E-state index in [1.807, 2.05) is 84.6 Å². The maximum absolute atomic E-state index is 14.4. The first-order chi connectivity index (χ1) is 47.7. The third-order valence-corrected chi connectivity index (χ3v) is 20.1. The van der Waals surface area contributed by atoms with Crippen LogP contribution in [0.15, 0.2) is 0 Å². The maximum Gasteiger partial charge on any atom is 0.361 e. The predicted octanol–water partition coefficient (Wildman–Crippen LogP) is 14.9. The van der Waals surface area contributed by atoms with Gasteiger partial charge in [0.25, 0.3) is 0 Å². The zero-order valence-electron chi connectivity index (χ0n) is 69.6. The second-order valence-corrected chi connectivity index (χ2v) is 35.0. The van der Waals surface area contributed by atoms with E-state index in [0.717, 1.165) is 155 Å². The molecule has 0 saturated carbocycles. The van der Waals surface area contributed by atoms with Crippen molar-refractivity contribution in [2.24, 2.45) is 10.8 Å². The quantitative estimate of drug-likeness (QED) is 0.0244. The standard InChI is InChI=1S/C82H166N6O13/c1-19-25-31-37-43-49-55-83(7,8)61-75(89)96-69-81(70-97-76(90)62-84(9,10)56-50-44-38-32-26-20-2,71-98-77(91)63-85(11,12)57-51-45-39-33-27-21-3)67-95-68-82(72-99-78(92)64-86(13,14)58-52-46-40-34-28-22-4,73-100-79(93)65-87(15,16)59-53-47-41-35-29-23-5)74-101-80(94)66-88(17,18)60-54-48-42-36-30-24-6/h19-74H2,1-18H3/q+6. The van der Waals surface area contributed by atoms with Crippen molar-refractivity contribution in [3.05, 3.63) is 0 Å². The van der Waals surface area contributed by atoms with E-state index in [4.69, 9.17) is 33.2 Å². The van der Waals surface area contributed by atoms with Gasteiger partial charge in [0.05, 0.1) is 148 Å². The fourth-order valence-corrected chi connectivity index (χ4v) is 13.2. The lowest BCUT2D eigenvalue weighted by atomic mass is 9.90. The van der Waals surface area contributed by atoms with Crippen LogP contribution in [0.1, 0.15) is 273 Å². The van der Waals surface area contributed by atoms with Crippen LogP contribution in [0.3, 0.4) is 0 Å². The lowest BCUT2D eigenvalue weighted by Gasteiger charge is -2.37. The molecule has 0 unspecified atom stereocenters. The largest absolute Gasteiger partial charge is 0.461 e. The van der Waals surface area contributed by atoms with Crippen molar-refractivity contribution in [2.45, 2.75) is 273 Å². The molecule has 0 aromatic heterocycles. The van der Waals surface area contributed by atoms with Crippen molar-refractivity contribution >= 4 is 35.8 Å². The molecule has 0 aliphatic rings. The lowest BCUT2D eigenvalue weighted by Crippen LogP contribution is -2.51. The van der Waals surface area contributed by atoms with Crippen LogP contribution >= 0.6 is 0 Å². The Hall–Kier alpha value is -3.46. The molecule has 0 heterocycles. The Morgan fingerprint density at radius 1 is 0.198 bits per heavy atom. The zero-order chi connectivity index (χ0) is 76.0. The lowest BCUT2D eigenvalue weighted by molar-refractivity contribution is -0.883. The molecule has 0 saturated heterocycles. The summed E-state index contributed by atoms with van der Waals surface area (Å²) in [5.41, 5.74) is -2.96. The second kappa shape index (κ2) is 55.9. The van der Waals surface area contributed by atoms with Crippen molar-refractivity contribution in [1.29, 1.82) is 0 Å². The number of unbranched alkanes of at least 4 members (excludes halogenated alkanes) is 30. The van der Waals surface area contributed by atoms with Crippen molar-refractivity contribution in [3.63, 3.8) is 0 Å². The number of quaternary nitrogens is 6. The number of hydrogen-bond donors (Lipinski definition) is 0. The van der Waals surface area contributed by atoms with E-state index < -0.39 is 46.6 Å². The van der Waals surface area contributed by atoms with Crippen LogP contribution < -0.4 is 0 Å². The highest BCUT2D eigenvalue weighted by molar-refractivity contribution is 5.73. The fourth-order valence-electron chi connectivity index (χ4n) is 13.2. The highest BCUT2D eigenvalue weighted by Crippen LogP contribution is 2.28. The summed E-state index contributed by atoms with van der Waals surface area (Å²) in [6.45, 7) is 15.6. The summed E-state index contributed by atoms with van der Waals surface area (Å²) in [5, 5.41) is 0. The van der Waals surface area contributed by atoms with E-state index in [0.29, 0.717) is 26.9 Å². The number of ether oxygens (including phenoxy) is 7. The molecule has 0 rings (SSSR count). The molecular formula is C82H166N6O13+6. The molecule has 0 spiro atoms. The first-order valence-corrected chi connectivity index (χ1v) is 41.1. The Balaban J connectivity index is 8.08. The number of hydrogen-bond acceptors (Lipinski definition) is 13. The zero-order valence-corrected chi connectivity index (χ0v) is 69.6. The minimum absolute atomic E-state index is 0.0718. The Morgan fingerprint density at radius 2 is 0.327 bits per heavy atom. The average molecular weight is 1440 g/mol. The minimum Gasteiger partial charge on any atom is -0.461 e.